The number of halogens is 2. The molecule has 0 fully saturated rings. The van der Waals surface area contributed by atoms with Gasteiger partial charge in [0.25, 0.3) is 0 Å². The van der Waals surface area contributed by atoms with Gasteiger partial charge in [0, 0.05) is 12.5 Å². The molecule has 100 valence electrons. The van der Waals surface area contributed by atoms with Gasteiger partial charge in [0.15, 0.2) is 17.5 Å². The number of aryl methyl sites for hydroxylation is 1. The van der Waals surface area contributed by atoms with Crippen LogP contribution in [-0.2, 0) is 6.54 Å². The zero-order valence-corrected chi connectivity index (χ0v) is 10.7. The minimum atomic E-state index is -1.08. The smallest absolute Gasteiger partial charge is 0.223 e. The molecule has 8 heteroatoms. The summed E-state index contributed by atoms with van der Waals surface area (Å²) in [5.74, 6) is -1.39. The molecule has 5 nitrogen and oxygen atoms in total. The van der Waals surface area contributed by atoms with Gasteiger partial charge in [-0.2, -0.15) is 4.98 Å². The molecule has 1 heterocycles. The van der Waals surface area contributed by atoms with Crippen molar-refractivity contribution < 1.29 is 13.3 Å². The largest absolute Gasteiger partial charge is 0.389 e. The van der Waals surface area contributed by atoms with Crippen LogP contribution >= 0.6 is 12.2 Å². The number of nitrogens with zero attached hydrogens (tertiary/aromatic N) is 2. The van der Waals surface area contributed by atoms with E-state index in [0.29, 0.717) is 11.7 Å². The molecule has 0 aliphatic heterocycles. The Hall–Kier alpha value is -2.09. The molecule has 1 aromatic carbocycles. The number of thiocarbonyl (C=S) groups is 1. The molecule has 0 radical (unpaired) electrons. The van der Waals surface area contributed by atoms with Crippen molar-refractivity contribution in [2.24, 2.45) is 5.73 Å². The van der Waals surface area contributed by atoms with E-state index < -0.39 is 11.6 Å². The van der Waals surface area contributed by atoms with Crippen molar-refractivity contribution in [2.75, 3.05) is 5.32 Å². The number of hydrogen-bond donors (Lipinski definition) is 2. The molecule has 0 aliphatic carbocycles. The summed E-state index contributed by atoms with van der Waals surface area (Å²) in [5.41, 5.74) is 5.11. The lowest BCUT2D eigenvalue weighted by atomic mass is 10.2. The Morgan fingerprint density at radius 3 is 2.74 bits per heavy atom. The summed E-state index contributed by atoms with van der Waals surface area (Å²) in [6, 6.07) is 2.66. The van der Waals surface area contributed by atoms with E-state index >= 15 is 0 Å². The van der Waals surface area contributed by atoms with Gasteiger partial charge in [0.1, 0.15) is 4.99 Å². The van der Waals surface area contributed by atoms with Crippen LogP contribution in [0.4, 0.5) is 14.5 Å². The van der Waals surface area contributed by atoms with Crippen LogP contribution in [0.1, 0.15) is 17.3 Å². The third kappa shape index (κ3) is 2.84. The van der Waals surface area contributed by atoms with Crippen molar-refractivity contribution in [3.63, 3.8) is 0 Å². The highest BCUT2D eigenvalue weighted by Crippen LogP contribution is 2.21. The highest BCUT2D eigenvalue weighted by molar-refractivity contribution is 7.80. The second-order valence-corrected chi connectivity index (χ2v) is 4.18. The molecule has 0 saturated carbocycles. The molecule has 0 aliphatic rings. The highest BCUT2D eigenvalue weighted by Gasteiger charge is 2.15. The summed E-state index contributed by atoms with van der Waals surface area (Å²) in [7, 11) is 0. The lowest BCUT2D eigenvalue weighted by Crippen LogP contribution is -2.14. The van der Waals surface area contributed by atoms with E-state index in [4.69, 9.17) is 10.3 Å². The van der Waals surface area contributed by atoms with Crippen molar-refractivity contribution >= 4 is 22.9 Å². The molecule has 0 spiro atoms. The fourth-order valence-corrected chi connectivity index (χ4v) is 1.62. The first-order valence-electron chi connectivity index (χ1n) is 5.30. The summed E-state index contributed by atoms with van der Waals surface area (Å²) in [4.78, 5) is 3.73. The fraction of sp³-hybridized carbons (Fsp3) is 0.182. The van der Waals surface area contributed by atoms with Crippen LogP contribution in [0.25, 0.3) is 0 Å². The Bertz CT molecular complexity index is 629. The van der Waals surface area contributed by atoms with Gasteiger partial charge < -0.3 is 15.6 Å². The molecule has 2 rings (SSSR count). The number of nitrogens with one attached hydrogen (secondary N) is 1. The van der Waals surface area contributed by atoms with Crippen LogP contribution < -0.4 is 11.1 Å². The van der Waals surface area contributed by atoms with Gasteiger partial charge in [0.2, 0.25) is 5.89 Å². The number of rotatable bonds is 4. The summed E-state index contributed by atoms with van der Waals surface area (Å²) >= 11 is 4.61. The van der Waals surface area contributed by atoms with Gasteiger partial charge in [-0.25, -0.2) is 8.78 Å². The second kappa shape index (κ2) is 5.27. The first kappa shape index (κ1) is 13.3. The van der Waals surface area contributed by atoms with Gasteiger partial charge in [-0.1, -0.05) is 17.4 Å². The Morgan fingerprint density at radius 1 is 1.42 bits per heavy atom. The maximum Gasteiger partial charge on any atom is 0.223 e. The molecule has 0 saturated heterocycles. The predicted molar refractivity (Wildman–Crippen MR) is 68.6 cm³/mol. The lowest BCUT2D eigenvalue weighted by Gasteiger charge is -2.08. The highest BCUT2D eigenvalue weighted by atomic mass is 32.1. The quantitative estimate of drug-likeness (QED) is 0.835. The summed E-state index contributed by atoms with van der Waals surface area (Å²) in [5, 5.41) is 6.29. The lowest BCUT2D eigenvalue weighted by molar-refractivity contribution is 0.388. The van der Waals surface area contributed by atoms with Gasteiger partial charge in [0.05, 0.1) is 12.2 Å². The zero-order chi connectivity index (χ0) is 14.0. The maximum absolute atomic E-state index is 13.7. The van der Waals surface area contributed by atoms with E-state index in [0.717, 1.165) is 0 Å². The maximum atomic E-state index is 13.7. The molecule has 19 heavy (non-hydrogen) atoms. The van der Waals surface area contributed by atoms with Crippen LogP contribution in [0, 0.1) is 18.6 Å². The first-order valence-corrected chi connectivity index (χ1v) is 5.70. The third-order valence-corrected chi connectivity index (χ3v) is 2.57. The van der Waals surface area contributed by atoms with Crippen LogP contribution in [0.5, 0.6) is 0 Å². The molecular weight excluding hydrogens is 274 g/mol. The minimum Gasteiger partial charge on any atom is -0.389 e. The van der Waals surface area contributed by atoms with E-state index in [1.807, 2.05) is 0 Å². The number of nitrogens with two attached hydrogens (primary N) is 1. The number of hydrogen-bond acceptors (Lipinski definition) is 5. The topological polar surface area (TPSA) is 77.0 Å². The molecule has 0 amide bonds. The Morgan fingerprint density at radius 2 is 2.16 bits per heavy atom. The molecule has 0 atom stereocenters. The van der Waals surface area contributed by atoms with Gasteiger partial charge >= 0.3 is 0 Å². The molecule has 3 N–H and O–H groups in total. The van der Waals surface area contributed by atoms with Gasteiger partial charge in [-0.3, -0.25) is 0 Å². The number of anilines is 1. The molecule has 0 bridgehead atoms. The normalized spacial score (nSPS) is 10.5. The Labute approximate surface area is 112 Å². The van der Waals surface area contributed by atoms with Crippen molar-refractivity contribution in [1.29, 1.82) is 0 Å². The van der Waals surface area contributed by atoms with Crippen LogP contribution in [-0.4, -0.2) is 15.1 Å². The van der Waals surface area contributed by atoms with Crippen LogP contribution in [0.3, 0.4) is 0 Å². The van der Waals surface area contributed by atoms with E-state index in [2.05, 4.69) is 27.7 Å². The summed E-state index contributed by atoms with van der Waals surface area (Å²) < 4.78 is 32.1. The van der Waals surface area contributed by atoms with E-state index in [9.17, 15) is 8.78 Å². The average molecular weight is 284 g/mol. The zero-order valence-electron chi connectivity index (χ0n) is 9.91. The molecular formula is C11H10F2N4OS. The predicted octanol–water partition coefficient (Wildman–Crippen LogP) is 1.90. The van der Waals surface area contributed by atoms with E-state index in [-0.39, 0.29) is 22.8 Å². The fourth-order valence-electron chi connectivity index (χ4n) is 1.46. The molecule has 2 aromatic rings. The van der Waals surface area contributed by atoms with Crippen LogP contribution in [0.2, 0.25) is 0 Å². The van der Waals surface area contributed by atoms with Crippen molar-refractivity contribution in [3.05, 3.63) is 41.0 Å². The number of aromatic nitrogens is 2. The standard InChI is InChI=1S/C11H10F2N4OS/c1-5-16-8(17-18-5)4-15-7-3-2-6(11(14)19)9(12)10(7)13/h2-3,15H,4H2,1H3,(H2,14,19). The van der Waals surface area contributed by atoms with Crippen LogP contribution in [0.15, 0.2) is 16.7 Å². The van der Waals surface area contributed by atoms with Gasteiger partial charge in [-0.05, 0) is 12.1 Å². The summed E-state index contributed by atoms with van der Waals surface area (Å²) in [6.07, 6.45) is 0. The monoisotopic (exact) mass is 284 g/mol. The number of benzene rings is 1. The van der Waals surface area contributed by atoms with Crippen molar-refractivity contribution in [2.45, 2.75) is 13.5 Å². The first-order chi connectivity index (χ1) is 8.99. The van der Waals surface area contributed by atoms with E-state index in [1.165, 1.54) is 12.1 Å². The minimum absolute atomic E-state index is 0.0278. The average Bonchev–Trinajstić information content (AvgIpc) is 2.76. The van der Waals surface area contributed by atoms with Crippen molar-refractivity contribution in [3.8, 4) is 0 Å². The Kier molecular flexibility index (Phi) is 3.70. The summed E-state index contributed by atoms with van der Waals surface area (Å²) in [6.45, 7) is 1.74. The third-order valence-electron chi connectivity index (χ3n) is 2.35. The molecule has 0 unspecified atom stereocenters. The second-order valence-electron chi connectivity index (χ2n) is 3.74. The van der Waals surface area contributed by atoms with Gasteiger partial charge in [-0.15, -0.1) is 0 Å². The van der Waals surface area contributed by atoms with Crippen molar-refractivity contribution in [1.82, 2.24) is 10.1 Å². The van der Waals surface area contributed by atoms with E-state index in [1.54, 1.807) is 6.92 Å². The Balaban J connectivity index is 2.17. The SMILES string of the molecule is Cc1nc(CNc2ccc(C(N)=S)c(F)c2F)no1. The molecule has 1 aromatic heterocycles.